The molecular formula is C14H21FN2O. The number of hydrogen-bond acceptors (Lipinski definition) is 2. The predicted molar refractivity (Wildman–Crippen MR) is 71.9 cm³/mol. The number of hydrogen-bond donors (Lipinski definition) is 2. The molecule has 0 fully saturated rings. The van der Waals surface area contributed by atoms with Crippen LogP contribution >= 0.6 is 0 Å². The Kier molecular flexibility index (Phi) is 4.70. The van der Waals surface area contributed by atoms with Crippen molar-refractivity contribution in [3.8, 4) is 0 Å². The molecule has 1 rings (SSSR count). The van der Waals surface area contributed by atoms with Crippen molar-refractivity contribution in [1.29, 1.82) is 0 Å². The van der Waals surface area contributed by atoms with E-state index >= 15 is 0 Å². The molecule has 0 aromatic heterocycles. The molecule has 3 nitrogen and oxygen atoms in total. The quantitative estimate of drug-likeness (QED) is 0.809. The first kappa shape index (κ1) is 14.5. The van der Waals surface area contributed by atoms with Crippen molar-refractivity contribution in [1.82, 2.24) is 5.32 Å². The highest BCUT2D eigenvalue weighted by Crippen LogP contribution is 2.17. The van der Waals surface area contributed by atoms with E-state index in [4.69, 9.17) is 5.73 Å². The number of anilines is 1. The summed E-state index contributed by atoms with van der Waals surface area (Å²) in [4.78, 5) is 12.0. The molecule has 3 N–H and O–H groups in total. The molecule has 0 radical (unpaired) electrons. The molecule has 100 valence electrons. The number of aryl methyl sites for hydroxylation is 1. The highest BCUT2D eigenvalue weighted by Gasteiger charge is 2.16. The zero-order valence-electron chi connectivity index (χ0n) is 11.4. The largest absolute Gasteiger partial charge is 0.399 e. The molecule has 1 aromatic carbocycles. The predicted octanol–water partition coefficient (Wildman–Crippen LogP) is 2.88. The van der Waals surface area contributed by atoms with Gasteiger partial charge < -0.3 is 11.1 Å². The first-order chi connectivity index (χ1) is 8.31. The number of carbonyl (C=O) groups is 1. The minimum absolute atomic E-state index is 0.0126. The molecule has 4 heteroatoms. The maximum atomic E-state index is 13.8. The van der Waals surface area contributed by atoms with Gasteiger partial charge in [0.2, 0.25) is 0 Å². The van der Waals surface area contributed by atoms with E-state index in [1.165, 1.54) is 12.1 Å². The van der Waals surface area contributed by atoms with Crippen molar-refractivity contribution in [2.24, 2.45) is 5.92 Å². The van der Waals surface area contributed by atoms with E-state index in [2.05, 4.69) is 19.2 Å². The fourth-order valence-electron chi connectivity index (χ4n) is 2.03. The van der Waals surface area contributed by atoms with Gasteiger partial charge in [-0.1, -0.05) is 13.8 Å². The van der Waals surface area contributed by atoms with Crippen molar-refractivity contribution in [2.45, 2.75) is 40.2 Å². The SMILES string of the molecule is Cc1cc(N)cc(C(=O)NC(C)CC(C)C)c1F. The molecule has 0 saturated heterocycles. The van der Waals surface area contributed by atoms with E-state index in [9.17, 15) is 9.18 Å². The van der Waals surface area contributed by atoms with Gasteiger partial charge >= 0.3 is 0 Å². The van der Waals surface area contributed by atoms with Gasteiger partial charge in [-0.05, 0) is 43.9 Å². The maximum Gasteiger partial charge on any atom is 0.254 e. The van der Waals surface area contributed by atoms with Crippen molar-refractivity contribution in [3.63, 3.8) is 0 Å². The summed E-state index contributed by atoms with van der Waals surface area (Å²) in [5.41, 5.74) is 6.43. The van der Waals surface area contributed by atoms with Crippen molar-refractivity contribution < 1.29 is 9.18 Å². The average Bonchev–Trinajstić information content (AvgIpc) is 2.21. The fraction of sp³-hybridized carbons (Fsp3) is 0.500. The van der Waals surface area contributed by atoms with E-state index in [0.29, 0.717) is 17.2 Å². The second-order valence-corrected chi connectivity index (χ2v) is 5.20. The Labute approximate surface area is 108 Å². The van der Waals surface area contributed by atoms with Crippen LogP contribution in [0.3, 0.4) is 0 Å². The second-order valence-electron chi connectivity index (χ2n) is 5.20. The van der Waals surface area contributed by atoms with E-state index < -0.39 is 11.7 Å². The minimum Gasteiger partial charge on any atom is -0.399 e. The van der Waals surface area contributed by atoms with E-state index in [1.807, 2.05) is 6.92 Å². The molecule has 0 bridgehead atoms. The summed E-state index contributed by atoms with van der Waals surface area (Å²) in [5.74, 6) is -0.428. The van der Waals surface area contributed by atoms with Gasteiger partial charge in [-0.25, -0.2) is 4.39 Å². The lowest BCUT2D eigenvalue weighted by atomic mass is 10.0. The number of halogens is 1. The summed E-state index contributed by atoms with van der Waals surface area (Å²) >= 11 is 0. The van der Waals surface area contributed by atoms with Crippen LogP contribution in [0.2, 0.25) is 0 Å². The summed E-state index contributed by atoms with van der Waals surface area (Å²) in [6.45, 7) is 7.66. The Hall–Kier alpha value is -1.58. The summed E-state index contributed by atoms with van der Waals surface area (Å²) < 4.78 is 13.8. The van der Waals surface area contributed by atoms with Gasteiger partial charge in [-0.15, -0.1) is 0 Å². The Bertz CT molecular complexity index is 444. The van der Waals surface area contributed by atoms with Crippen LogP contribution in [0.15, 0.2) is 12.1 Å². The number of carbonyl (C=O) groups excluding carboxylic acids is 1. The minimum atomic E-state index is -0.501. The van der Waals surface area contributed by atoms with Gasteiger partial charge in [0.05, 0.1) is 5.56 Å². The first-order valence-corrected chi connectivity index (χ1v) is 6.17. The van der Waals surface area contributed by atoms with E-state index in [1.54, 1.807) is 6.92 Å². The molecule has 1 unspecified atom stereocenters. The summed E-state index contributed by atoms with van der Waals surface area (Å²) in [6.07, 6.45) is 0.856. The van der Waals surface area contributed by atoms with Gasteiger partial charge in [0, 0.05) is 11.7 Å². The van der Waals surface area contributed by atoms with Crippen LogP contribution in [0.5, 0.6) is 0 Å². The Morgan fingerprint density at radius 3 is 2.56 bits per heavy atom. The number of nitrogen functional groups attached to an aromatic ring is 1. The fourth-order valence-corrected chi connectivity index (χ4v) is 2.03. The normalized spacial score (nSPS) is 12.6. The van der Waals surface area contributed by atoms with Crippen LogP contribution in [-0.2, 0) is 0 Å². The second kappa shape index (κ2) is 5.85. The molecule has 0 spiro atoms. The molecule has 0 aliphatic heterocycles. The highest BCUT2D eigenvalue weighted by atomic mass is 19.1. The van der Waals surface area contributed by atoms with Crippen molar-refractivity contribution in [3.05, 3.63) is 29.1 Å². The molecule has 18 heavy (non-hydrogen) atoms. The molecule has 1 atom stereocenters. The monoisotopic (exact) mass is 252 g/mol. The lowest BCUT2D eigenvalue weighted by Crippen LogP contribution is -2.34. The zero-order chi connectivity index (χ0) is 13.9. The molecule has 1 aromatic rings. The van der Waals surface area contributed by atoms with Gasteiger partial charge in [0.25, 0.3) is 5.91 Å². The number of amides is 1. The number of nitrogens with two attached hydrogens (primary N) is 1. The zero-order valence-corrected chi connectivity index (χ0v) is 11.4. The number of benzene rings is 1. The van der Waals surface area contributed by atoms with Crippen LogP contribution in [0, 0.1) is 18.7 Å². The third-order valence-electron chi connectivity index (χ3n) is 2.72. The topological polar surface area (TPSA) is 55.1 Å². The Morgan fingerprint density at radius 1 is 1.39 bits per heavy atom. The van der Waals surface area contributed by atoms with Gasteiger partial charge in [0.1, 0.15) is 5.82 Å². The summed E-state index contributed by atoms with van der Waals surface area (Å²) in [6, 6.07) is 2.90. The standard InChI is InChI=1S/C14H21FN2O/c1-8(2)5-10(4)17-14(18)12-7-11(16)6-9(3)13(12)15/h6-8,10H,5,16H2,1-4H3,(H,17,18). The molecule has 0 saturated carbocycles. The first-order valence-electron chi connectivity index (χ1n) is 6.17. The van der Waals surface area contributed by atoms with Crippen LogP contribution in [-0.4, -0.2) is 11.9 Å². The molecule has 0 aliphatic rings. The van der Waals surface area contributed by atoms with Gasteiger partial charge in [-0.2, -0.15) is 0 Å². The molecule has 0 aliphatic carbocycles. The Morgan fingerprint density at radius 2 is 2.00 bits per heavy atom. The van der Waals surface area contributed by atoms with E-state index in [-0.39, 0.29) is 11.6 Å². The van der Waals surface area contributed by atoms with Gasteiger partial charge in [0.15, 0.2) is 0 Å². The molecule has 1 amide bonds. The van der Waals surface area contributed by atoms with Gasteiger partial charge in [-0.3, -0.25) is 4.79 Å². The molecule has 0 heterocycles. The van der Waals surface area contributed by atoms with Crippen LogP contribution in [0.1, 0.15) is 43.1 Å². The average molecular weight is 252 g/mol. The smallest absolute Gasteiger partial charge is 0.254 e. The lowest BCUT2D eigenvalue weighted by molar-refractivity contribution is 0.0932. The third kappa shape index (κ3) is 3.72. The van der Waals surface area contributed by atoms with Crippen LogP contribution in [0.4, 0.5) is 10.1 Å². The van der Waals surface area contributed by atoms with Crippen LogP contribution in [0.25, 0.3) is 0 Å². The lowest BCUT2D eigenvalue weighted by Gasteiger charge is -2.16. The summed E-state index contributed by atoms with van der Waals surface area (Å²) in [7, 11) is 0. The molecular weight excluding hydrogens is 231 g/mol. The third-order valence-corrected chi connectivity index (χ3v) is 2.72. The van der Waals surface area contributed by atoms with Crippen molar-refractivity contribution in [2.75, 3.05) is 5.73 Å². The van der Waals surface area contributed by atoms with Crippen LogP contribution < -0.4 is 11.1 Å². The summed E-state index contributed by atoms with van der Waals surface area (Å²) in [5, 5.41) is 2.79. The maximum absolute atomic E-state index is 13.8. The number of rotatable bonds is 4. The van der Waals surface area contributed by atoms with E-state index in [0.717, 1.165) is 6.42 Å². The number of nitrogens with one attached hydrogen (secondary N) is 1. The Balaban J connectivity index is 2.85. The highest BCUT2D eigenvalue weighted by molar-refractivity contribution is 5.95. The van der Waals surface area contributed by atoms with Crippen molar-refractivity contribution >= 4 is 11.6 Å².